The Labute approximate surface area is 153 Å². The molecule has 0 radical (unpaired) electrons. The number of amides is 1. The second-order valence-corrected chi connectivity index (χ2v) is 8.31. The first-order chi connectivity index (χ1) is 12.4. The molecule has 7 nitrogen and oxygen atoms in total. The third-order valence-corrected chi connectivity index (χ3v) is 5.65. The summed E-state index contributed by atoms with van der Waals surface area (Å²) in [6.45, 7) is 3.18. The average Bonchev–Trinajstić information content (AvgIpc) is 2.63. The molecule has 0 spiro atoms. The number of rotatable bonds is 5. The van der Waals surface area contributed by atoms with Crippen LogP contribution in [-0.4, -0.2) is 60.9 Å². The molecular weight excluding hydrogens is 352 g/mol. The quantitative estimate of drug-likeness (QED) is 0.856. The smallest absolute Gasteiger partial charge is 0.255 e. The molecule has 1 amide bonds. The molecule has 0 bridgehead atoms. The van der Waals surface area contributed by atoms with Crippen LogP contribution in [0.1, 0.15) is 15.9 Å². The summed E-state index contributed by atoms with van der Waals surface area (Å²) in [5.74, 6) is -0.175. The zero-order chi connectivity index (χ0) is 18.6. The predicted octanol–water partition coefficient (Wildman–Crippen LogP) is 1.41. The molecule has 138 valence electrons. The first-order valence-electron chi connectivity index (χ1n) is 8.39. The van der Waals surface area contributed by atoms with Crippen molar-refractivity contribution >= 4 is 21.6 Å². The van der Waals surface area contributed by atoms with Crippen molar-refractivity contribution in [2.24, 2.45) is 0 Å². The van der Waals surface area contributed by atoms with E-state index in [1.54, 1.807) is 36.7 Å². The number of carbonyl (C=O) groups excluding carboxylic acids is 1. The van der Waals surface area contributed by atoms with Crippen LogP contribution in [0, 0.1) is 0 Å². The van der Waals surface area contributed by atoms with E-state index in [1.165, 1.54) is 10.6 Å². The fraction of sp³-hybridized carbons (Fsp3) is 0.333. The molecule has 1 N–H and O–H groups in total. The zero-order valence-electron chi connectivity index (χ0n) is 14.6. The number of anilines is 1. The Morgan fingerprint density at radius 3 is 2.38 bits per heavy atom. The Kier molecular flexibility index (Phi) is 5.65. The van der Waals surface area contributed by atoms with Crippen molar-refractivity contribution in [2.45, 2.75) is 6.54 Å². The van der Waals surface area contributed by atoms with E-state index in [1.807, 2.05) is 12.1 Å². The van der Waals surface area contributed by atoms with Gasteiger partial charge in [0.05, 0.1) is 18.1 Å². The van der Waals surface area contributed by atoms with Crippen LogP contribution in [-0.2, 0) is 16.6 Å². The second-order valence-electron chi connectivity index (χ2n) is 6.33. The van der Waals surface area contributed by atoms with Gasteiger partial charge in [0.2, 0.25) is 10.0 Å². The summed E-state index contributed by atoms with van der Waals surface area (Å²) >= 11 is 0. The molecule has 1 aromatic heterocycles. The lowest BCUT2D eigenvalue weighted by molar-refractivity contribution is 0.102. The molecule has 1 aliphatic rings. The summed E-state index contributed by atoms with van der Waals surface area (Å²) in [6.07, 6.45) is 4.50. The van der Waals surface area contributed by atoms with Gasteiger partial charge in [-0.1, -0.05) is 12.1 Å². The molecule has 2 aromatic rings. The summed E-state index contributed by atoms with van der Waals surface area (Å²) in [4.78, 5) is 18.4. The minimum absolute atomic E-state index is 0.175. The number of hydrogen-bond acceptors (Lipinski definition) is 5. The van der Waals surface area contributed by atoms with Gasteiger partial charge in [-0.15, -0.1) is 0 Å². The lowest BCUT2D eigenvalue weighted by Crippen LogP contribution is -2.47. The van der Waals surface area contributed by atoms with Crippen LogP contribution < -0.4 is 5.32 Å². The summed E-state index contributed by atoms with van der Waals surface area (Å²) in [5.41, 5.74) is 2.33. The van der Waals surface area contributed by atoms with E-state index in [-0.39, 0.29) is 5.91 Å². The van der Waals surface area contributed by atoms with E-state index in [2.05, 4.69) is 15.2 Å². The second kappa shape index (κ2) is 7.94. The first-order valence-corrected chi connectivity index (χ1v) is 10.2. The molecule has 0 unspecified atom stereocenters. The number of sulfonamides is 1. The van der Waals surface area contributed by atoms with Crippen LogP contribution in [0.5, 0.6) is 0 Å². The Balaban J connectivity index is 1.54. The molecule has 1 saturated heterocycles. The van der Waals surface area contributed by atoms with Crippen molar-refractivity contribution in [3.8, 4) is 0 Å². The Hall–Kier alpha value is -2.29. The standard InChI is InChI=1S/C18H22N4O3S/c1-26(24,25)22-11-9-21(10-12-22)14-15-4-6-16(7-5-15)18(23)20-17-3-2-8-19-13-17/h2-8,13H,9-12,14H2,1H3,(H,20,23). The third-order valence-electron chi connectivity index (χ3n) is 4.34. The number of piperazine rings is 1. The van der Waals surface area contributed by atoms with Gasteiger partial charge in [0, 0.05) is 44.5 Å². The molecule has 0 atom stereocenters. The van der Waals surface area contributed by atoms with Gasteiger partial charge in [-0.3, -0.25) is 14.7 Å². The number of hydrogen-bond donors (Lipinski definition) is 1. The molecule has 26 heavy (non-hydrogen) atoms. The van der Waals surface area contributed by atoms with Crippen molar-refractivity contribution in [1.29, 1.82) is 0 Å². The molecular formula is C18H22N4O3S. The molecule has 8 heteroatoms. The fourth-order valence-corrected chi connectivity index (χ4v) is 3.71. The van der Waals surface area contributed by atoms with Gasteiger partial charge in [0.15, 0.2) is 0 Å². The average molecular weight is 374 g/mol. The first kappa shape index (κ1) is 18.5. The van der Waals surface area contributed by atoms with Gasteiger partial charge < -0.3 is 5.32 Å². The van der Waals surface area contributed by atoms with E-state index in [9.17, 15) is 13.2 Å². The van der Waals surface area contributed by atoms with Crippen LogP contribution in [0.2, 0.25) is 0 Å². The maximum absolute atomic E-state index is 12.2. The monoisotopic (exact) mass is 374 g/mol. The Morgan fingerprint density at radius 2 is 1.81 bits per heavy atom. The molecule has 3 rings (SSSR count). The molecule has 2 heterocycles. The summed E-state index contributed by atoms with van der Waals surface area (Å²) in [7, 11) is -3.11. The number of benzene rings is 1. The fourth-order valence-electron chi connectivity index (χ4n) is 2.88. The van der Waals surface area contributed by atoms with E-state index >= 15 is 0 Å². The maximum atomic E-state index is 12.2. The number of nitrogens with zero attached hydrogens (tertiary/aromatic N) is 3. The molecule has 1 fully saturated rings. The van der Waals surface area contributed by atoms with E-state index in [4.69, 9.17) is 0 Å². The largest absolute Gasteiger partial charge is 0.321 e. The van der Waals surface area contributed by atoms with Crippen molar-refractivity contribution in [3.05, 3.63) is 59.9 Å². The van der Waals surface area contributed by atoms with Crippen molar-refractivity contribution in [1.82, 2.24) is 14.2 Å². The third kappa shape index (κ3) is 4.87. The zero-order valence-corrected chi connectivity index (χ0v) is 15.4. The molecule has 0 aliphatic carbocycles. The van der Waals surface area contributed by atoms with E-state index in [0.29, 0.717) is 37.4 Å². The van der Waals surface area contributed by atoms with Crippen molar-refractivity contribution in [3.63, 3.8) is 0 Å². The highest BCUT2D eigenvalue weighted by Gasteiger charge is 2.23. The summed E-state index contributed by atoms with van der Waals surface area (Å²) < 4.78 is 24.6. The number of carbonyl (C=O) groups is 1. The van der Waals surface area contributed by atoms with Gasteiger partial charge in [0.1, 0.15) is 0 Å². The molecule has 1 aliphatic heterocycles. The van der Waals surface area contributed by atoms with E-state index in [0.717, 1.165) is 12.1 Å². The number of pyridine rings is 1. The summed E-state index contributed by atoms with van der Waals surface area (Å²) in [6, 6.07) is 11.0. The van der Waals surface area contributed by atoms with Crippen LogP contribution >= 0.6 is 0 Å². The Morgan fingerprint density at radius 1 is 1.12 bits per heavy atom. The molecule has 1 aromatic carbocycles. The predicted molar refractivity (Wildman–Crippen MR) is 100 cm³/mol. The van der Waals surface area contributed by atoms with Gasteiger partial charge in [-0.2, -0.15) is 4.31 Å². The Bertz CT molecular complexity index is 846. The number of aromatic nitrogens is 1. The van der Waals surface area contributed by atoms with Crippen LogP contribution in [0.3, 0.4) is 0 Å². The van der Waals surface area contributed by atoms with Gasteiger partial charge in [-0.05, 0) is 29.8 Å². The lowest BCUT2D eigenvalue weighted by atomic mass is 10.1. The number of nitrogens with one attached hydrogen (secondary N) is 1. The van der Waals surface area contributed by atoms with Crippen molar-refractivity contribution in [2.75, 3.05) is 37.8 Å². The van der Waals surface area contributed by atoms with Crippen LogP contribution in [0.4, 0.5) is 5.69 Å². The van der Waals surface area contributed by atoms with E-state index < -0.39 is 10.0 Å². The van der Waals surface area contributed by atoms with Crippen molar-refractivity contribution < 1.29 is 13.2 Å². The van der Waals surface area contributed by atoms with Gasteiger partial charge >= 0.3 is 0 Å². The topological polar surface area (TPSA) is 82.6 Å². The van der Waals surface area contributed by atoms with Crippen LogP contribution in [0.25, 0.3) is 0 Å². The molecule has 0 saturated carbocycles. The SMILES string of the molecule is CS(=O)(=O)N1CCN(Cc2ccc(C(=O)Nc3cccnc3)cc2)CC1. The minimum atomic E-state index is -3.11. The highest BCUT2D eigenvalue weighted by molar-refractivity contribution is 7.88. The highest BCUT2D eigenvalue weighted by atomic mass is 32.2. The van der Waals surface area contributed by atoms with Crippen LogP contribution in [0.15, 0.2) is 48.8 Å². The maximum Gasteiger partial charge on any atom is 0.255 e. The van der Waals surface area contributed by atoms with Gasteiger partial charge in [0.25, 0.3) is 5.91 Å². The lowest BCUT2D eigenvalue weighted by Gasteiger charge is -2.33. The summed E-state index contributed by atoms with van der Waals surface area (Å²) in [5, 5.41) is 2.80. The normalized spacial score (nSPS) is 16.3. The van der Waals surface area contributed by atoms with Gasteiger partial charge in [-0.25, -0.2) is 8.42 Å². The highest BCUT2D eigenvalue weighted by Crippen LogP contribution is 2.13. The minimum Gasteiger partial charge on any atom is -0.321 e.